The molecule has 0 amide bonds. The summed E-state index contributed by atoms with van der Waals surface area (Å²) in [4.78, 5) is 2.75. The van der Waals surface area contributed by atoms with E-state index in [1.54, 1.807) is 0 Å². The first-order valence-corrected chi connectivity index (χ1v) is 8.46. The maximum absolute atomic E-state index is 3.84. The largest absolute Gasteiger partial charge is 0.311 e. The van der Waals surface area contributed by atoms with E-state index in [9.17, 15) is 0 Å². The Kier molecular flexibility index (Phi) is 4.77. The van der Waals surface area contributed by atoms with Gasteiger partial charge in [0.15, 0.2) is 0 Å². The highest BCUT2D eigenvalue weighted by Crippen LogP contribution is 2.37. The van der Waals surface area contributed by atoms with E-state index in [1.165, 1.54) is 44.3 Å². The van der Waals surface area contributed by atoms with E-state index in [2.05, 4.69) is 59.6 Å². The molecule has 2 fully saturated rings. The third kappa shape index (κ3) is 3.38. The topological polar surface area (TPSA) is 15.3 Å². The molecule has 21 heavy (non-hydrogen) atoms. The fourth-order valence-corrected chi connectivity index (χ4v) is 4.03. The fraction of sp³-hybridized carbons (Fsp3) is 0.579. The Labute approximate surface area is 129 Å². The molecule has 3 rings (SSSR count). The molecule has 2 aliphatic rings. The number of nitrogens with one attached hydrogen (secondary N) is 1. The molecular formula is C19H28N2. The number of allylic oxidation sites excluding steroid dienone is 1. The van der Waals surface area contributed by atoms with Gasteiger partial charge in [-0.3, -0.25) is 4.90 Å². The molecule has 1 atom stereocenters. The van der Waals surface area contributed by atoms with Crippen LogP contribution < -0.4 is 5.32 Å². The average Bonchev–Trinajstić information content (AvgIpc) is 2.98. The van der Waals surface area contributed by atoms with Gasteiger partial charge in [0.2, 0.25) is 0 Å². The number of hydrogen-bond donors (Lipinski definition) is 1. The Balaban J connectivity index is 1.67. The van der Waals surface area contributed by atoms with Crippen molar-refractivity contribution in [3.05, 3.63) is 48.0 Å². The lowest BCUT2D eigenvalue weighted by Crippen LogP contribution is -2.63. The van der Waals surface area contributed by atoms with E-state index >= 15 is 0 Å². The van der Waals surface area contributed by atoms with Crippen molar-refractivity contribution >= 4 is 0 Å². The van der Waals surface area contributed by atoms with Gasteiger partial charge >= 0.3 is 0 Å². The van der Waals surface area contributed by atoms with Gasteiger partial charge in [0.25, 0.3) is 0 Å². The van der Waals surface area contributed by atoms with Crippen LogP contribution >= 0.6 is 0 Å². The lowest BCUT2D eigenvalue weighted by Gasteiger charge is -2.48. The Morgan fingerprint density at radius 3 is 2.71 bits per heavy atom. The zero-order valence-electron chi connectivity index (χ0n) is 13.2. The number of hydrogen-bond acceptors (Lipinski definition) is 2. The van der Waals surface area contributed by atoms with E-state index in [1.807, 2.05) is 0 Å². The second kappa shape index (κ2) is 6.76. The molecule has 1 N–H and O–H groups in total. The number of nitrogens with zero attached hydrogens (tertiary/aromatic N) is 1. The molecule has 1 unspecified atom stereocenters. The summed E-state index contributed by atoms with van der Waals surface area (Å²) < 4.78 is 0. The molecule has 1 aliphatic carbocycles. The van der Waals surface area contributed by atoms with Crippen LogP contribution in [0.3, 0.4) is 0 Å². The molecule has 1 aromatic carbocycles. The van der Waals surface area contributed by atoms with Crippen molar-refractivity contribution < 1.29 is 0 Å². The summed E-state index contributed by atoms with van der Waals surface area (Å²) in [6.45, 7) is 5.59. The molecule has 1 spiro atoms. The molecule has 1 aliphatic heterocycles. The molecule has 2 nitrogen and oxygen atoms in total. The molecule has 0 aromatic heterocycles. The average molecular weight is 284 g/mol. The van der Waals surface area contributed by atoms with Crippen molar-refractivity contribution in [3.8, 4) is 0 Å². The van der Waals surface area contributed by atoms with Crippen LogP contribution in [0.4, 0.5) is 0 Å². The monoisotopic (exact) mass is 284 g/mol. The summed E-state index contributed by atoms with van der Waals surface area (Å²) in [7, 11) is 0. The predicted octanol–water partition coefficient (Wildman–Crippen LogP) is 3.39. The van der Waals surface area contributed by atoms with Gasteiger partial charge in [0.05, 0.1) is 0 Å². The lowest BCUT2D eigenvalue weighted by atomic mass is 9.89. The van der Waals surface area contributed by atoms with Gasteiger partial charge in [-0.2, -0.15) is 0 Å². The Morgan fingerprint density at radius 1 is 1.24 bits per heavy atom. The zero-order valence-corrected chi connectivity index (χ0v) is 13.2. The minimum atomic E-state index is 0.437. The summed E-state index contributed by atoms with van der Waals surface area (Å²) in [6.07, 6.45) is 11.2. The smallest absolute Gasteiger partial charge is 0.0338 e. The van der Waals surface area contributed by atoms with E-state index in [-0.39, 0.29) is 0 Å². The van der Waals surface area contributed by atoms with Crippen molar-refractivity contribution in [1.82, 2.24) is 10.2 Å². The van der Waals surface area contributed by atoms with Crippen LogP contribution in [-0.4, -0.2) is 36.1 Å². The van der Waals surface area contributed by atoms with Crippen molar-refractivity contribution in [2.75, 3.05) is 19.6 Å². The van der Waals surface area contributed by atoms with Gasteiger partial charge in [0, 0.05) is 31.2 Å². The molecule has 2 heteroatoms. The van der Waals surface area contributed by atoms with Gasteiger partial charge in [-0.25, -0.2) is 0 Å². The van der Waals surface area contributed by atoms with Crippen LogP contribution in [0.1, 0.15) is 38.2 Å². The zero-order chi connectivity index (χ0) is 14.5. The minimum Gasteiger partial charge on any atom is -0.311 e. The highest BCUT2D eigenvalue weighted by molar-refractivity contribution is 5.17. The van der Waals surface area contributed by atoms with E-state index in [4.69, 9.17) is 0 Å². The molecule has 1 aromatic rings. The Bertz CT molecular complexity index is 460. The summed E-state index contributed by atoms with van der Waals surface area (Å²) in [6, 6.07) is 11.5. The number of rotatable bonds is 4. The predicted molar refractivity (Wildman–Crippen MR) is 89.5 cm³/mol. The van der Waals surface area contributed by atoms with Crippen molar-refractivity contribution in [1.29, 1.82) is 0 Å². The normalized spacial score (nSPS) is 25.9. The van der Waals surface area contributed by atoms with Crippen LogP contribution in [0, 0.1) is 0 Å². The second-order valence-corrected chi connectivity index (χ2v) is 6.67. The molecule has 0 radical (unpaired) electrons. The fourth-order valence-electron chi connectivity index (χ4n) is 4.03. The van der Waals surface area contributed by atoms with Crippen LogP contribution in [-0.2, 0) is 6.42 Å². The van der Waals surface area contributed by atoms with Gasteiger partial charge in [0.1, 0.15) is 0 Å². The summed E-state index contributed by atoms with van der Waals surface area (Å²) in [5.41, 5.74) is 1.88. The van der Waals surface area contributed by atoms with Crippen molar-refractivity contribution in [2.45, 2.75) is 50.6 Å². The van der Waals surface area contributed by atoms with Crippen LogP contribution in [0.25, 0.3) is 0 Å². The quantitative estimate of drug-likeness (QED) is 0.853. The highest BCUT2D eigenvalue weighted by atomic mass is 15.3. The van der Waals surface area contributed by atoms with Gasteiger partial charge < -0.3 is 5.32 Å². The molecule has 1 heterocycles. The summed E-state index contributed by atoms with van der Waals surface area (Å²) >= 11 is 0. The second-order valence-electron chi connectivity index (χ2n) is 6.67. The van der Waals surface area contributed by atoms with E-state index in [0.717, 1.165) is 13.0 Å². The first-order valence-electron chi connectivity index (χ1n) is 8.46. The van der Waals surface area contributed by atoms with Crippen molar-refractivity contribution in [2.24, 2.45) is 0 Å². The van der Waals surface area contributed by atoms with Crippen LogP contribution in [0.5, 0.6) is 0 Å². The molecule has 114 valence electrons. The van der Waals surface area contributed by atoms with E-state index < -0.39 is 0 Å². The maximum atomic E-state index is 3.84. The Morgan fingerprint density at radius 2 is 2.00 bits per heavy atom. The SMILES string of the molecule is C/C=C/CN1CC(Cc2ccccc2)NCC12CCCC2. The first-order chi connectivity index (χ1) is 10.3. The molecule has 1 saturated heterocycles. The molecule has 1 saturated carbocycles. The van der Waals surface area contributed by atoms with Crippen LogP contribution in [0.15, 0.2) is 42.5 Å². The maximum Gasteiger partial charge on any atom is 0.0338 e. The lowest BCUT2D eigenvalue weighted by molar-refractivity contribution is 0.0543. The molecule has 0 bridgehead atoms. The summed E-state index contributed by atoms with van der Waals surface area (Å²) in [5.74, 6) is 0. The van der Waals surface area contributed by atoms with E-state index in [0.29, 0.717) is 11.6 Å². The highest BCUT2D eigenvalue weighted by Gasteiger charge is 2.42. The van der Waals surface area contributed by atoms with Crippen LogP contribution in [0.2, 0.25) is 0 Å². The standard InChI is InChI=1S/C19H28N2/c1-2-3-13-21-15-18(14-17-9-5-4-6-10-17)20-16-19(21)11-7-8-12-19/h2-6,9-10,18,20H,7-8,11-16H2,1H3/b3-2+. The van der Waals surface area contributed by atoms with Gasteiger partial charge in [-0.15, -0.1) is 0 Å². The number of piperazine rings is 1. The minimum absolute atomic E-state index is 0.437. The third-order valence-corrected chi connectivity index (χ3v) is 5.25. The van der Waals surface area contributed by atoms with Gasteiger partial charge in [-0.1, -0.05) is 55.3 Å². The summed E-state index contributed by atoms with van der Waals surface area (Å²) in [5, 5.41) is 3.84. The Hall–Kier alpha value is -1.12. The number of benzene rings is 1. The first kappa shape index (κ1) is 14.8. The molecular weight excluding hydrogens is 256 g/mol. The van der Waals surface area contributed by atoms with Gasteiger partial charge in [-0.05, 0) is 31.7 Å². The van der Waals surface area contributed by atoms with Crippen molar-refractivity contribution in [3.63, 3.8) is 0 Å². The third-order valence-electron chi connectivity index (χ3n) is 5.25.